The van der Waals surface area contributed by atoms with Crippen LogP contribution in [0.1, 0.15) is 63.3 Å². The van der Waals surface area contributed by atoms with Crippen molar-refractivity contribution < 1.29 is 4.79 Å². The van der Waals surface area contributed by atoms with Gasteiger partial charge in [-0.1, -0.05) is 26.0 Å². The van der Waals surface area contributed by atoms with Crippen molar-refractivity contribution >= 4 is 28.0 Å². The first-order valence-corrected chi connectivity index (χ1v) is 12.8. The zero-order chi connectivity index (χ0) is 24.1. The second-order valence-electron chi connectivity index (χ2n) is 10.3. The molecule has 1 amide bonds. The summed E-state index contributed by atoms with van der Waals surface area (Å²) in [5.74, 6) is 2.00. The number of carbonyl (C=O) groups excluding carboxylic acids is 1. The molecule has 3 unspecified atom stereocenters. The van der Waals surface area contributed by atoms with Crippen molar-refractivity contribution in [2.24, 2.45) is 11.7 Å². The van der Waals surface area contributed by atoms with Crippen LogP contribution < -0.4 is 11.1 Å². The lowest BCUT2D eigenvalue weighted by Crippen LogP contribution is -2.46. The number of nitrogens with one attached hydrogen (secondary N) is 3. The fourth-order valence-electron chi connectivity index (χ4n) is 5.45. The topological polar surface area (TPSA) is 116 Å². The summed E-state index contributed by atoms with van der Waals surface area (Å²) in [6.45, 7) is 5.76. The average molecular weight is 472 g/mol. The largest absolute Gasteiger partial charge is 0.341 e. The van der Waals surface area contributed by atoms with E-state index in [-0.39, 0.29) is 17.9 Å². The van der Waals surface area contributed by atoms with Crippen LogP contribution in [0, 0.1) is 5.92 Å². The van der Waals surface area contributed by atoms with Gasteiger partial charge in [-0.2, -0.15) is 0 Å². The Bertz CT molecular complexity index is 1380. The minimum atomic E-state index is -0.478. The van der Waals surface area contributed by atoms with Crippen molar-refractivity contribution in [2.45, 2.75) is 57.7 Å². The summed E-state index contributed by atoms with van der Waals surface area (Å²) < 4.78 is 0. The number of nitrogens with two attached hydrogens (primary N) is 1. The van der Waals surface area contributed by atoms with Crippen molar-refractivity contribution in [3.8, 4) is 11.1 Å². The zero-order valence-electron chi connectivity index (χ0n) is 20.3. The predicted molar refractivity (Wildman–Crippen MR) is 138 cm³/mol. The monoisotopic (exact) mass is 471 g/mol. The Hall–Kier alpha value is -3.23. The van der Waals surface area contributed by atoms with Crippen LogP contribution in [0.4, 0.5) is 0 Å². The SMILES string of the molecule is CC(C)C(N)C(=O)N1CCCC1c1nc2ccc(-c3ccc4nc(C5CCCN5)[nH]c4c3)cc2[nH]1. The van der Waals surface area contributed by atoms with Crippen LogP contribution in [0.2, 0.25) is 0 Å². The molecule has 0 saturated carbocycles. The molecule has 0 radical (unpaired) electrons. The van der Waals surface area contributed by atoms with Crippen LogP contribution >= 0.6 is 0 Å². The van der Waals surface area contributed by atoms with E-state index in [0.29, 0.717) is 6.04 Å². The molecule has 4 heterocycles. The minimum absolute atomic E-state index is 0.0173. The second-order valence-corrected chi connectivity index (χ2v) is 10.3. The molecule has 5 N–H and O–H groups in total. The Labute approximate surface area is 204 Å². The number of nitrogens with zero attached hydrogens (tertiary/aromatic N) is 3. The fraction of sp³-hybridized carbons (Fsp3) is 0.444. The lowest BCUT2D eigenvalue weighted by molar-refractivity contribution is -0.134. The van der Waals surface area contributed by atoms with Gasteiger partial charge >= 0.3 is 0 Å². The van der Waals surface area contributed by atoms with E-state index in [1.807, 2.05) is 18.7 Å². The van der Waals surface area contributed by atoms with Crippen LogP contribution in [-0.4, -0.2) is 49.9 Å². The first-order valence-electron chi connectivity index (χ1n) is 12.8. The average Bonchev–Trinajstić information content (AvgIpc) is 3.66. The van der Waals surface area contributed by atoms with E-state index in [0.717, 1.165) is 77.2 Å². The Kier molecular flexibility index (Phi) is 5.57. The quantitative estimate of drug-likeness (QED) is 0.349. The van der Waals surface area contributed by atoms with Gasteiger partial charge in [-0.3, -0.25) is 4.79 Å². The molecule has 2 saturated heterocycles. The normalized spacial score (nSPS) is 21.5. The molecule has 0 bridgehead atoms. The van der Waals surface area contributed by atoms with E-state index in [1.165, 1.54) is 6.42 Å². The molecule has 2 aliphatic heterocycles. The van der Waals surface area contributed by atoms with Crippen molar-refractivity contribution in [2.75, 3.05) is 13.1 Å². The van der Waals surface area contributed by atoms with Gasteiger partial charge in [0.25, 0.3) is 0 Å². The molecule has 2 aliphatic rings. The van der Waals surface area contributed by atoms with Crippen LogP contribution in [0.5, 0.6) is 0 Å². The summed E-state index contributed by atoms with van der Waals surface area (Å²) in [5.41, 5.74) is 12.4. The number of hydrogen-bond donors (Lipinski definition) is 4. The number of H-pyrrole nitrogens is 2. The molecule has 2 aromatic heterocycles. The molecule has 8 nitrogen and oxygen atoms in total. The zero-order valence-corrected chi connectivity index (χ0v) is 20.3. The van der Waals surface area contributed by atoms with Crippen LogP contribution in [0.15, 0.2) is 36.4 Å². The van der Waals surface area contributed by atoms with Gasteiger partial charge in [0.1, 0.15) is 11.6 Å². The van der Waals surface area contributed by atoms with E-state index in [1.54, 1.807) is 0 Å². The smallest absolute Gasteiger partial charge is 0.240 e. The summed E-state index contributed by atoms with van der Waals surface area (Å²) in [6, 6.07) is 12.5. The fourth-order valence-corrected chi connectivity index (χ4v) is 5.45. The van der Waals surface area contributed by atoms with E-state index in [2.05, 4.69) is 51.7 Å². The van der Waals surface area contributed by atoms with Gasteiger partial charge in [0.2, 0.25) is 5.91 Å². The van der Waals surface area contributed by atoms with Gasteiger partial charge in [0, 0.05) is 6.54 Å². The highest BCUT2D eigenvalue weighted by Gasteiger charge is 2.35. The van der Waals surface area contributed by atoms with E-state index in [4.69, 9.17) is 15.7 Å². The number of benzene rings is 2. The third kappa shape index (κ3) is 4.00. The molecule has 4 aromatic rings. The van der Waals surface area contributed by atoms with Gasteiger partial charge in [-0.15, -0.1) is 0 Å². The molecule has 2 aromatic carbocycles. The third-order valence-corrected chi connectivity index (χ3v) is 7.58. The molecular formula is C27H33N7O. The summed E-state index contributed by atoms with van der Waals surface area (Å²) in [6.07, 6.45) is 4.18. The Morgan fingerprint density at radius 1 is 0.971 bits per heavy atom. The minimum Gasteiger partial charge on any atom is -0.341 e. The molecule has 3 atom stereocenters. The summed E-state index contributed by atoms with van der Waals surface area (Å²) in [4.78, 5) is 31.5. The predicted octanol–water partition coefficient (Wildman–Crippen LogP) is 4.18. The molecule has 182 valence electrons. The van der Waals surface area contributed by atoms with Crippen LogP contribution in [-0.2, 0) is 4.79 Å². The van der Waals surface area contributed by atoms with Gasteiger partial charge < -0.3 is 25.9 Å². The first kappa shape index (κ1) is 22.2. The molecule has 0 spiro atoms. The molecule has 2 fully saturated rings. The summed E-state index contributed by atoms with van der Waals surface area (Å²) >= 11 is 0. The van der Waals surface area contributed by atoms with Gasteiger partial charge in [0.15, 0.2) is 0 Å². The first-order chi connectivity index (χ1) is 17.0. The molecule has 0 aliphatic carbocycles. The van der Waals surface area contributed by atoms with Crippen molar-refractivity contribution in [3.63, 3.8) is 0 Å². The lowest BCUT2D eigenvalue weighted by atomic mass is 10.0. The molecule has 6 rings (SSSR count). The lowest BCUT2D eigenvalue weighted by Gasteiger charge is -2.27. The number of amides is 1. The highest BCUT2D eigenvalue weighted by atomic mass is 16.2. The second kappa shape index (κ2) is 8.77. The molecule has 35 heavy (non-hydrogen) atoms. The molecule has 8 heteroatoms. The number of carbonyl (C=O) groups is 1. The number of rotatable bonds is 5. The highest BCUT2D eigenvalue weighted by molar-refractivity contribution is 5.87. The third-order valence-electron chi connectivity index (χ3n) is 7.58. The summed E-state index contributed by atoms with van der Waals surface area (Å²) in [7, 11) is 0. The van der Waals surface area contributed by atoms with E-state index < -0.39 is 6.04 Å². The maximum atomic E-state index is 13.0. The Balaban J connectivity index is 1.28. The number of imidazole rings is 2. The summed E-state index contributed by atoms with van der Waals surface area (Å²) in [5, 5.41) is 3.51. The van der Waals surface area contributed by atoms with Gasteiger partial charge in [0.05, 0.1) is 40.2 Å². The number of likely N-dealkylation sites (tertiary alicyclic amines) is 1. The number of aromatic amines is 2. The maximum absolute atomic E-state index is 13.0. The van der Waals surface area contributed by atoms with Crippen LogP contribution in [0.25, 0.3) is 33.2 Å². The van der Waals surface area contributed by atoms with Gasteiger partial charge in [-0.05, 0) is 73.5 Å². The standard InChI is InChI=1S/C27H33N7O/c1-15(2)24(28)27(35)34-12-4-6-23(34)26-31-19-10-8-17(14-22(19)33-26)16-7-9-18-21(13-16)32-25(30-18)20-5-3-11-29-20/h7-10,13-15,20,23-24,29H,3-6,11-12,28H2,1-2H3,(H,30,32)(H,31,33). The van der Waals surface area contributed by atoms with E-state index in [9.17, 15) is 4.79 Å². The number of fused-ring (bicyclic) bond motifs is 2. The van der Waals surface area contributed by atoms with Crippen molar-refractivity contribution in [1.29, 1.82) is 0 Å². The van der Waals surface area contributed by atoms with Gasteiger partial charge in [-0.25, -0.2) is 9.97 Å². The number of aromatic nitrogens is 4. The Morgan fingerprint density at radius 2 is 1.63 bits per heavy atom. The van der Waals surface area contributed by atoms with E-state index >= 15 is 0 Å². The maximum Gasteiger partial charge on any atom is 0.240 e. The number of hydrogen-bond acceptors (Lipinski definition) is 5. The van der Waals surface area contributed by atoms with Crippen LogP contribution in [0.3, 0.4) is 0 Å². The molecular weight excluding hydrogens is 438 g/mol. The Morgan fingerprint density at radius 3 is 2.26 bits per heavy atom. The van der Waals surface area contributed by atoms with Crippen molar-refractivity contribution in [3.05, 3.63) is 48.0 Å². The van der Waals surface area contributed by atoms with Crippen molar-refractivity contribution in [1.82, 2.24) is 30.2 Å². The highest BCUT2D eigenvalue weighted by Crippen LogP contribution is 2.34.